The van der Waals surface area contributed by atoms with Crippen molar-refractivity contribution >= 4 is 11.6 Å². The van der Waals surface area contributed by atoms with Gasteiger partial charge < -0.3 is 5.32 Å². The Labute approximate surface area is 113 Å². The molecule has 0 saturated carbocycles. The topological polar surface area (TPSA) is 24.9 Å². The third-order valence-electron chi connectivity index (χ3n) is 3.09. The summed E-state index contributed by atoms with van der Waals surface area (Å²) in [5.41, 5.74) is 2.59. The third-order valence-corrected chi connectivity index (χ3v) is 3.34. The van der Waals surface area contributed by atoms with Crippen molar-refractivity contribution in [3.05, 3.63) is 64.9 Å². The molecule has 2 nitrogen and oxygen atoms in total. The molecule has 0 aliphatic rings. The average molecular weight is 261 g/mol. The highest BCUT2D eigenvalue weighted by Gasteiger charge is 2.08. The van der Waals surface area contributed by atoms with Crippen molar-refractivity contribution in [3.8, 4) is 0 Å². The number of rotatable bonds is 5. The summed E-state index contributed by atoms with van der Waals surface area (Å²) in [6.07, 6.45) is 5.77. The van der Waals surface area contributed by atoms with Gasteiger partial charge in [0, 0.05) is 23.5 Å². The van der Waals surface area contributed by atoms with Gasteiger partial charge in [-0.3, -0.25) is 4.98 Å². The minimum Gasteiger partial charge on any atom is -0.313 e. The van der Waals surface area contributed by atoms with E-state index in [0.717, 1.165) is 17.9 Å². The Balaban J connectivity index is 1.99. The molecule has 1 aromatic carbocycles. The lowest BCUT2D eigenvalue weighted by atomic mass is 10.00. The van der Waals surface area contributed by atoms with Gasteiger partial charge in [-0.2, -0.15) is 0 Å². The highest BCUT2D eigenvalue weighted by Crippen LogP contribution is 2.20. The molecule has 3 heteroatoms. The summed E-state index contributed by atoms with van der Waals surface area (Å²) in [7, 11) is 1.99. The van der Waals surface area contributed by atoms with Gasteiger partial charge in [0.25, 0.3) is 0 Å². The maximum atomic E-state index is 5.91. The van der Waals surface area contributed by atoms with Crippen LogP contribution in [0.3, 0.4) is 0 Å². The fourth-order valence-electron chi connectivity index (χ4n) is 2.03. The van der Waals surface area contributed by atoms with Crippen LogP contribution in [0.4, 0.5) is 0 Å². The first kappa shape index (κ1) is 13.1. The highest BCUT2D eigenvalue weighted by atomic mass is 35.5. The minimum absolute atomic E-state index is 0.357. The van der Waals surface area contributed by atoms with E-state index in [4.69, 9.17) is 11.6 Å². The summed E-state index contributed by atoms with van der Waals surface area (Å²) >= 11 is 5.91. The Morgan fingerprint density at radius 2 is 1.78 bits per heavy atom. The molecule has 0 aliphatic heterocycles. The van der Waals surface area contributed by atoms with Gasteiger partial charge in [-0.05, 0) is 55.3 Å². The van der Waals surface area contributed by atoms with Crippen molar-refractivity contribution in [2.45, 2.75) is 18.9 Å². The Hall–Kier alpha value is -1.38. The van der Waals surface area contributed by atoms with E-state index in [9.17, 15) is 0 Å². The van der Waals surface area contributed by atoms with Crippen LogP contribution in [0.5, 0.6) is 0 Å². The van der Waals surface area contributed by atoms with E-state index in [0.29, 0.717) is 6.04 Å². The van der Waals surface area contributed by atoms with E-state index >= 15 is 0 Å². The molecule has 1 N–H and O–H groups in total. The number of nitrogens with zero attached hydrogens (tertiary/aromatic N) is 1. The molecule has 0 fully saturated rings. The van der Waals surface area contributed by atoms with Crippen molar-refractivity contribution in [2.24, 2.45) is 0 Å². The number of pyridine rings is 1. The summed E-state index contributed by atoms with van der Waals surface area (Å²) in [6, 6.07) is 12.5. The van der Waals surface area contributed by atoms with E-state index in [1.54, 1.807) is 0 Å². The zero-order valence-electron chi connectivity index (χ0n) is 10.4. The quantitative estimate of drug-likeness (QED) is 0.888. The van der Waals surface area contributed by atoms with Gasteiger partial charge in [-0.15, -0.1) is 0 Å². The number of nitrogens with one attached hydrogen (secondary N) is 1. The number of aryl methyl sites for hydroxylation is 1. The predicted molar refractivity (Wildman–Crippen MR) is 75.8 cm³/mol. The molecule has 2 aromatic rings. The number of hydrogen-bond acceptors (Lipinski definition) is 2. The monoisotopic (exact) mass is 260 g/mol. The minimum atomic E-state index is 0.357. The molecule has 0 aliphatic carbocycles. The molecule has 0 radical (unpaired) electrons. The summed E-state index contributed by atoms with van der Waals surface area (Å²) in [6.45, 7) is 0. The normalized spacial score (nSPS) is 12.3. The highest BCUT2D eigenvalue weighted by molar-refractivity contribution is 6.30. The predicted octanol–water partition coefficient (Wildman–Crippen LogP) is 3.63. The third kappa shape index (κ3) is 3.56. The smallest absolute Gasteiger partial charge is 0.0406 e. The van der Waals surface area contributed by atoms with Crippen molar-refractivity contribution < 1.29 is 0 Å². The summed E-state index contributed by atoms with van der Waals surface area (Å²) in [4.78, 5) is 4.03. The molecule has 0 spiro atoms. The molecular weight excluding hydrogens is 244 g/mol. The molecule has 1 atom stereocenters. The lowest BCUT2D eigenvalue weighted by Crippen LogP contribution is -2.17. The first-order valence-corrected chi connectivity index (χ1v) is 6.49. The SMILES string of the molecule is CNC(CCc1ccncc1)c1ccc(Cl)cc1. The first-order valence-electron chi connectivity index (χ1n) is 6.11. The maximum absolute atomic E-state index is 5.91. The van der Waals surface area contributed by atoms with Crippen LogP contribution < -0.4 is 5.32 Å². The summed E-state index contributed by atoms with van der Waals surface area (Å²) in [5.74, 6) is 0. The Morgan fingerprint density at radius 3 is 2.39 bits per heavy atom. The van der Waals surface area contributed by atoms with Gasteiger partial charge in [0.05, 0.1) is 0 Å². The van der Waals surface area contributed by atoms with Gasteiger partial charge in [0.15, 0.2) is 0 Å². The lowest BCUT2D eigenvalue weighted by molar-refractivity contribution is 0.549. The molecule has 0 bridgehead atoms. The van der Waals surface area contributed by atoms with E-state index in [1.807, 2.05) is 31.6 Å². The molecule has 18 heavy (non-hydrogen) atoms. The van der Waals surface area contributed by atoms with Crippen LogP contribution >= 0.6 is 11.6 Å². The molecule has 0 saturated heterocycles. The van der Waals surface area contributed by atoms with Crippen LogP contribution in [-0.4, -0.2) is 12.0 Å². The zero-order valence-corrected chi connectivity index (χ0v) is 11.2. The van der Waals surface area contributed by atoms with E-state index in [2.05, 4.69) is 34.6 Å². The van der Waals surface area contributed by atoms with Gasteiger partial charge >= 0.3 is 0 Å². The molecule has 94 valence electrons. The Kier molecular flexibility index (Phi) is 4.73. The first-order chi connectivity index (χ1) is 8.79. The standard InChI is InChI=1S/C15H17ClN2/c1-17-15(13-3-5-14(16)6-4-13)7-2-12-8-10-18-11-9-12/h3-6,8-11,15,17H,2,7H2,1H3. The Bertz CT molecular complexity index is 468. The molecule has 0 amide bonds. The van der Waals surface area contributed by atoms with Crippen LogP contribution in [-0.2, 0) is 6.42 Å². The second-order valence-electron chi connectivity index (χ2n) is 4.29. The molecule has 1 aromatic heterocycles. The number of aromatic nitrogens is 1. The maximum Gasteiger partial charge on any atom is 0.0406 e. The molecule has 1 heterocycles. The van der Waals surface area contributed by atoms with Gasteiger partial charge in [0.1, 0.15) is 0 Å². The second-order valence-corrected chi connectivity index (χ2v) is 4.72. The average Bonchev–Trinajstić information content (AvgIpc) is 2.42. The van der Waals surface area contributed by atoms with Crippen molar-refractivity contribution in [3.63, 3.8) is 0 Å². The number of halogens is 1. The van der Waals surface area contributed by atoms with Crippen molar-refractivity contribution in [1.82, 2.24) is 10.3 Å². The van der Waals surface area contributed by atoms with Crippen LogP contribution in [0.1, 0.15) is 23.6 Å². The van der Waals surface area contributed by atoms with E-state index < -0.39 is 0 Å². The van der Waals surface area contributed by atoms with Gasteiger partial charge in [-0.1, -0.05) is 23.7 Å². The molecule has 2 rings (SSSR count). The van der Waals surface area contributed by atoms with Crippen molar-refractivity contribution in [1.29, 1.82) is 0 Å². The number of benzene rings is 1. The van der Waals surface area contributed by atoms with Crippen LogP contribution in [0.25, 0.3) is 0 Å². The zero-order chi connectivity index (χ0) is 12.8. The molecular formula is C15H17ClN2. The van der Waals surface area contributed by atoms with Gasteiger partial charge in [0.2, 0.25) is 0 Å². The van der Waals surface area contributed by atoms with Crippen LogP contribution in [0.2, 0.25) is 5.02 Å². The van der Waals surface area contributed by atoms with Crippen molar-refractivity contribution in [2.75, 3.05) is 7.05 Å². The number of hydrogen-bond donors (Lipinski definition) is 1. The van der Waals surface area contributed by atoms with E-state index in [1.165, 1.54) is 11.1 Å². The van der Waals surface area contributed by atoms with Crippen LogP contribution in [0, 0.1) is 0 Å². The summed E-state index contributed by atoms with van der Waals surface area (Å²) in [5, 5.41) is 4.13. The fourth-order valence-corrected chi connectivity index (χ4v) is 2.16. The fraction of sp³-hybridized carbons (Fsp3) is 0.267. The largest absolute Gasteiger partial charge is 0.313 e. The van der Waals surface area contributed by atoms with Crippen LogP contribution in [0.15, 0.2) is 48.8 Å². The second kappa shape index (κ2) is 6.53. The van der Waals surface area contributed by atoms with E-state index in [-0.39, 0.29) is 0 Å². The molecule has 1 unspecified atom stereocenters. The van der Waals surface area contributed by atoms with Gasteiger partial charge in [-0.25, -0.2) is 0 Å². The lowest BCUT2D eigenvalue weighted by Gasteiger charge is -2.16. The summed E-state index contributed by atoms with van der Waals surface area (Å²) < 4.78 is 0. The Morgan fingerprint density at radius 1 is 1.11 bits per heavy atom.